The highest BCUT2D eigenvalue weighted by Gasteiger charge is 2.22. The molecular formula is C26H25FN4O2S. The number of thioether (sulfide) groups is 1. The van der Waals surface area contributed by atoms with E-state index in [1.165, 1.54) is 23.9 Å². The number of aryl methyl sites for hydroxylation is 1. The molecule has 1 amide bonds. The van der Waals surface area contributed by atoms with Crippen LogP contribution in [0.4, 0.5) is 4.39 Å². The Morgan fingerprint density at radius 2 is 1.85 bits per heavy atom. The summed E-state index contributed by atoms with van der Waals surface area (Å²) in [6.45, 7) is 3.83. The Labute approximate surface area is 202 Å². The minimum Gasteiger partial charge on any atom is -0.497 e. The predicted octanol–water partition coefficient (Wildman–Crippen LogP) is 5.51. The summed E-state index contributed by atoms with van der Waals surface area (Å²) >= 11 is 1.54. The number of ether oxygens (including phenoxy) is 1. The van der Waals surface area contributed by atoms with Crippen LogP contribution in [0.3, 0.4) is 0 Å². The summed E-state index contributed by atoms with van der Waals surface area (Å²) in [4.78, 5) is 12.7. The first-order chi connectivity index (χ1) is 16.5. The molecule has 1 atom stereocenters. The largest absolute Gasteiger partial charge is 0.497 e. The Morgan fingerprint density at radius 3 is 2.59 bits per heavy atom. The third-order valence-corrected chi connectivity index (χ3v) is 6.31. The number of benzene rings is 3. The number of nitrogens with zero attached hydrogens (tertiary/aromatic N) is 3. The molecule has 8 heteroatoms. The summed E-state index contributed by atoms with van der Waals surface area (Å²) in [5, 5.41) is 12.3. The highest BCUT2D eigenvalue weighted by Crippen LogP contribution is 2.29. The van der Waals surface area contributed by atoms with Crippen LogP contribution < -0.4 is 10.1 Å². The highest BCUT2D eigenvalue weighted by molar-refractivity contribution is 7.98. The van der Waals surface area contributed by atoms with E-state index in [4.69, 9.17) is 4.74 Å². The fraction of sp³-hybridized carbons (Fsp3) is 0.192. The summed E-state index contributed by atoms with van der Waals surface area (Å²) < 4.78 is 21.3. The van der Waals surface area contributed by atoms with Crippen LogP contribution in [0.15, 0.2) is 78.0 Å². The molecule has 6 nitrogen and oxygen atoms in total. The van der Waals surface area contributed by atoms with Crippen molar-refractivity contribution in [3.05, 3.63) is 101 Å². The van der Waals surface area contributed by atoms with Crippen LogP contribution in [0.25, 0.3) is 5.69 Å². The van der Waals surface area contributed by atoms with Crippen molar-refractivity contribution in [3.8, 4) is 11.4 Å². The number of amides is 1. The van der Waals surface area contributed by atoms with Crippen LogP contribution in [0.2, 0.25) is 0 Å². The minimum absolute atomic E-state index is 0.0108. The smallest absolute Gasteiger partial charge is 0.254 e. The van der Waals surface area contributed by atoms with E-state index in [1.54, 1.807) is 19.2 Å². The first-order valence-electron chi connectivity index (χ1n) is 10.8. The van der Waals surface area contributed by atoms with Gasteiger partial charge in [0, 0.05) is 11.4 Å². The molecule has 0 spiro atoms. The maximum absolute atomic E-state index is 14.1. The minimum atomic E-state index is -0.568. The van der Waals surface area contributed by atoms with Crippen molar-refractivity contribution in [1.29, 1.82) is 0 Å². The van der Waals surface area contributed by atoms with Crippen molar-refractivity contribution in [1.82, 2.24) is 20.1 Å². The molecule has 34 heavy (non-hydrogen) atoms. The molecule has 0 radical (unpaired) electrons. The Balaban J connectivity index is 1.62. The third kappa shape index (κ3) is 5.28. The topological polar surface area (TPSA) is 69.0 Å². The van der Waals surface area contributed by atoms with E-state index >= 15 is 0 Å². The fourth-order valence-electron chi connectivity index (χ4n) is 3.49. The molecule has 4 aromatic rings. The molecule has 0 saturated heterocycles. The number of carbonyl (C=O) groups excluding carboxylic acids is 1. The standard InChI is InChI=1S/C26H25FN4O2S/c1-17-11-13-20(14-12-17)31-24(18(2)28-25(32)22-9-4-5-10-23(22)27)29-30-26(31)34-16-19-7-6-8-21(15-19)33-3/h4-15,18H,16H2,1-3H3,(H,28,32). The molecule has 0 fully saturated rings. The molecule has 174 valence electrons. The van der Waals surface area contributed by atoms with Gasteiger partial charge in [-0.05, 0) is 55.8 Å². The molecule has 0 saturated carbocycles. The lowest BCUT2D eigenvalue weighted by Crippen LogP contribution is -2.29. The summed E-state index contributed by atoms with van der Waals surface area (Å²) in [7, 11) is 1.64. The van der Waals surface area contributed by atoms with Crippen molar-refractivity contribution in [3.63, 3.8) is 0 Å². The maximum atomic E-state index is 14.1. The number of aromatic nitrogens is 3. The van der Waals surface area contributed by atoms with Crippen molar-refractivity contribution < 1.29 is 13.9 Å². The predicted molar refractivity (Wildman–Crippen MR) is 131 cm³/mol. The van der Waals surface area contributed by atoms with Gasteiger partial charge in [-0.3, -0.25) is 9.36 Å². The zero-order valence-corrected chi connectivity index (χ0v) is 20.0. The van der Waals surface area contributed by atoms with Crippen LogP contribution in [0.1, 0.15) is 40.3 Å². The Bertz CT molecular complexity index is 1290. The fourth-order valence-corrected chi connectivity index (χ4v) is 4.39. The third-order valence-electron chi connectivity index (χ3n) is 5.31. The Kier molecular flexibility index (Phi) is 7.27. The molecular weight excluding hydrogens is 451 g/mol. The first-order valence-corrected chi connectivity index (χ1v) is 11.8. The molecule has 0 aliphatic heterocycles. The normalized spacial score (nSPS) is 11.8. The van der Waals surface area contributed by atoms with Crippen LogP contribution in [-0.4, -0.2) is 27.8 Å². The summed E-state index contributed by atoms with van der Waals surface area (Å²) in [5.41, 5.74) is 3.09. The van der Waals surface area contributed by atoms with Crippen LogP contribution >= 0.6 is 11.8 Å². The molecule has 4 rings (SSSR count). The SMILES string of the molecule is COc1cccc(CSc2nnc(C(C)NC(=O)c3ccccc3F)n2-c2ccc(C)cc2)c1. The zero-order chi connectivity index (χ0) is 24.1. The van der Waals surface area contributed by atoms with Gasteiger partial charge in [-0.2, -0.15) is 0 Å². The van der Waals surface area contributed by atoms with Gasteiger partial charge in [-0.25, -0.2) is 4.39 Å². The van der Waals surface area contributed by atoms with Crippen molar-refractivity contribution in [2.24, 2.45) is 0 Å². The van der Waals surface area contributed by atoms with Crippen molar-refractivity contribution in [2.75, 3.05) is 7.11 Å². The Morgan fingerprint density at radius 1 is 1.09 bits per heavy atom. The number of halogens is 1. The average Bonchev–Trinajstić information content (AvgIpc) is 3.27. The molecule has 1 N–H and O–H groups in total. The number of carbonyl (C=O) groups is 1. The van der Waals surface area contributed by atoms with Gasteiger partial charge in [0.05, 0.1) is 18.7 Å². The number of rotatable bonds is 8. The summed E-state index contributed by atoms with van der Waals surface area (Å²) in [6, 6.07) is 21.3. The van der Waals surface area contributed by atoms with E-state index in [-0.39, 0.29) is 5.56 Å². The van der Waals surface area contributed by atoms with E-state index in [2.05, 4.69) is 15.5 Å². The monoisotopic (exact) mass is 476 g/mol. The summed E-state index contributed by atoms with van der Waals surface area (Å²) in [5.74, 6) is 0.943. The van der Waals surface area contributed by atoms with Gasteiger partial charge in [0.15, 0.2) is 11.0 Å². The highest BCUT2D eigenvalue weighted by atomic mass is 32.2. The van der Waals surface area contributed by atoms with Crippen molar-refractivity contribution in [2.45, 2.75) is 30.8 Å². The van der Waals surface area contributed by atoms with Gasteiger partial charge >= 0.3 is 0 Å². The van der Waals surface area contributed by atoms with E-state index in [0.29, 0.717) is 16.7 Å². The Hall–Kier alpha value is -3.65. The van der Waals surface area contributed by atoms with Crippen LogP contribution in [0, 0.1) is 12.7 Å². The molecule has 0 aliphatic rings. The molecule has 1 heterocycles. The second kappa shape index (κ2) is 10.5. The maximum Gasteiger partial charge on any atom is 0.254 e. The quantitative estimate of drug-likeness (QED) is 0.340. The van der Waals surface area contributed by atoms with Gasteiger partial charge < -0.3 is 10.1 Å². The number of nitrogens with one attached hydrogen (secondary N) is 1. The summed E-state index contributed by atoms with van der Waals surface area (Å²) in [6.07, 6.45) is 0. The molecule has 0 bridgehead atoms. The average molecular weight is 477 g/mol. The van der Waals surface area contributed by atoms with Crippen LogP contribution in [0.5, 0.6) is 5.75 Å². The lowest BCUT2D eigenvalue weighted by atomic mass is 10.2. The molecule has 1 aromatic heterocycles. The van der Waals surface area contributed by atoms with Gasteiger partial charge in [0.2, 0.25) is 0 Å². The zero-order valence-electron chi connectivity index (χ0n) is 19.2. The second-order valence-corrected chi connectivity index (χ2v) is 8.77. The van der Waals surface area contributed by atoms with E-state index in [9.17, 15) is 9.18 Å². The van der Waals surface area contributed by atoms with Gasteiger partial charge in [-0.15, -0.1) is 10.2 Å². The number of hydrogen-bond acceptors (Lipinski definition) is 5. The molecule has 1 unspecified atom stereocenters. The first kappa shape index (κ1) is 23.5. The number of hydrogen-bond donors (Lipinski definition) is 1. The van der Waals surface area contributed by atoms with Crippen molar-refractivity contribution >= 4 is 17.7 Å². The molecule has 0 aliphatic carbocycles. The van der Waals surface area contributed by atoms with Gasteiger partial charge in [0.25, 0.3) is 5.91 Å². The van der Waals surface area contributed by atoms with E-state index in [0.717, 1.165) is 22.6 Å². The number of methoxy groups -OCH3 is 1. The van der Waals surface area contributed by atoms with Gasteiger partial charge in [-0.1, -0.05) is 53.7 Å². The van der Waals surface area contributed by atoms with Crippen LogP contribution in [-0.2, 0) is 5.75 Å². The lowest BCUT2D eigenvalue weighted by Gasteiger charge is -2.17. The lowest BCUT2D eigenvalue weighted by molar-refractivity contribution is 0.0934. The second-order valence-electron chi connectivity index (χ2n) is 7.83. The van der Waals surface area contributed by atoms with E-state index in [1.807, 2.05) is 66.9 Å². The molecule has 3 aromatic carbocycles. The van der Waals surface area contributed by atoms with Gasteiger partial charge in [0.1, 0.15) is 11.6 Å². The van der Waals surface area contributed by atoms with E-state index < -0.39 is 17.8 Å².